The molecular weight excluding hydrogens is 268 g/mol. The van der Waals surface area contributed by atoms with Crippen LogP contribution in [0.1, 0.15) is 41.6 Å². The predicted molar refractivity (Wildman–Crippen MR) is 89.9 cm³/mol. The number of nitrogens with one attached hydrogen (secondary N) is 2. The summed E-state index contributed by atoms with van der Waals surface area (Å²) in [5, 5.41) is 6.09. The van der Waals surface area contributed by atoms with E-state index in [-0.39, 0.29) is 5.91 Å². The fourth-order valence-corrected chi connectivity index (χ4v) is 2.61. The van der Waals surface area contributed by atoms with E-state index in [1.165, 1.54) is 25.0 Å². The number of hydrogen-bond acceptors (Lipinski definition) is 3. The van der Waals surface area contributed by atoms with E-state index in [1.807, 2.05) is 43.9 Å². The van der Waals surface area contributed by atoms with E-state index >= 15 is 0 Å². The first-order valence-corrected chi connectivity index (χ1v) is 8.64. The van der Waals surface area contributed by atoms with Crippen molar-refractivity contribution in [3.8, 4) is 0 Å². The average Bonchev–Trinajstić information content (AvgIpc) is 2.46. The number of unbranched alkanes of at least 4 members (excludes halogenated alkanes) is 3. The summed E-state index contributed by atoms with van der Waals surface area (Å²) in [4.78, 5) is 12.0. The van der Waals surface area contributed by atoms with E-state index in [0.29, 0.717) is 0 Å². The predicted octanol–water partition coefficient (Wildman–Crippen LogP) is 3.69. The number of amides is 1. The lowest BCUT2D eigenvalue weighted by Gasteiger charge is -2.09. The van der Waals surface area contributed by atoms with Gasteiger partial charge in [0, 0.05) is 24.8 Å². The van der Waals surface area contributed by atoms with Crippen molar-refractivity contribution in [1.82, 2.24) is 5.32 Å². The Morgan fingerprint density at radius 2 is 1.95 bits per heavy atom. The normalized spacial score (nSPS) is 10.3. The highest BCUT2D eigenvalue weighted by molar-refractivity contribution is 7.98. The van der Waals surface area contributed by atoms with E-state index in [0.717, 1.165) is 29.8 Å². The zero-order valence-electron chi connectivity index (χ0n) is 12.8. The molecule has 0 aromatic heterocycles. The largest absolute Gasteiger partial charge is 0.388 e. The molecule has 0 spiro atoms. The van der Waals surface area contributed by atoms with Gasteiger partial charge in [0.15, 0.2) is 0 Å². The molecule has 112 valence electrons. The van der Waals surface area contributed by atoms with E-state index in [1.54, 1.807) is 0 Å². The standard InChI is InChI=1S/C16H26N2OS/c1-13-12-14(8-9-15(13)17-2)16(19)18-10-6-4-5-7-11-20-3/h8-9,12,17H,4-7,10-11H2,1-3H3,(H,18,19). The maximum absolute atomic E-state index is 12.0. The third kappa shape index (κ3) is 5.87. The average molecular weight is 294 g/mol. The molecule has 0 aliphatic rings. The molecule has 0 aliphatic carbocycles. The van der Waals surface area contributed by atoms with Gasteiger partial charge in [0.1, 0.15) is 0 Å². The summed E-state index contributed by atoms with van der Waals surface area (Å²) < 4.78 is 0. The fraction of sp³-hybridized carbons (Fsp3) is 0.562. The summed E-state index contributed by atoms with van der Waals surface area (Å²) in [5.41, 5.74) is 2.90. The van der Waals surface area contributed by atoms with Gasteiger partial charge in [-0.2, -0.15) is 11.8 Å². The molecule has 1 rings (SSSR count). The highest BCUT2D eigenvalue weighted by Crippen LogP contribution is 2.15. The molecule has 4 heteroatoms. The zero-order valence-corrected chi connectivity index (χ0v) is 13.6. The third-order valence-electron chi connectivity index (χ3n) is 3.32. The van der Waals surface area contributed by atoms with Crippen molar-refractivity contribution in [2.75, 3.05) is 30.9 Å². The second-order valence-electron chi connectivity index (χ2n) is 4.94. The van der Waals surface area contributed by atoms with Crippen LogP contribution in [-0.2, 0) is 0 Å². The lowest BCUT2D eigenvalue weighted by molar-refractivity contribution is 0.0953. The fourth-order valence-electron chi connectivity index (χ4n) is 2.11. The molecule has 0 fully saturated rings. The molecule has 20 heavy (non-hydrogen) atoms. The molecule has 0 saturated carbocycles. The quantitative estimate of drug-likeness (QED) is 0.682. The Bertz CT molecular complexity index is 421. The molecule has 0 atom stereocenters. The number of aryl methyl sites for hydroxylation is 1. The molecule has 1 aromatic carbocycles. The van der Waals surface area contributed by atoms with Crippen molar-refractivity contribution in [2.24, 2.45) is 0 Å². The smallest absolute Gasteiger partial charge is 0.251 e. The maximum atomic E-state index is 12.0. The summed E-state index contributed by atoms with van der Waals surface area (Å²) in [7, 11) is 1.89. The summed E-state index contributed by atoms with van der Waals surface area (Å²) in [5.74, 6) is 1.27. The first kappa shape index (κ1) is 16.9. The van der Waals surface area contributed by atoms with Crippen LogP contribution in [-0.4, -0.2) is 31.5 Å². The van der Waals surface area contributed by atoms with Crippen LogP contribution in [0.25, 0.3) is 0 Å². The summed E-state index contributed by atoms with van der Waals surface area (Å²) in [6, 6.07) is 5.75. The van der Waals surface area contributed by atoms with Crippen LogP contribution in [0.5, 0.6) is 0 Å². The van der Waals surface area contributed by atoms with Gasteiger partial charge in [0.05, 0.1) is 0 Å². The number of carbonyl (C=O) groups excluding carboxylic acids is 1. The molecule has 0 aliphatic heterocycles. The first-order chi connectivity index (χ1) is 9.69. The minimum Gasteiger partial charge on any atom is -0.388 e. The molecule has 0 radical (unpaired) electrons. The van der Waals surface area contributed by atoms with Gasteiger partial charge in [-0.1, -0.05) is 12.8 Å². The van der Waals surface area contributed by atoms with Crippen LogP contribution in [0.15, 0.2) is 18.2 Å². The Morgan fingerprint density at radius 3 is 2.60 bits per heavy atom. The van der Waals surface area contributed by atoms with Crippen molar-refractivity contribution in [3.63, 3.8) is 0 Å². The van der Waals surface area contributed by atoms with Crippen molar-refractivity contribution in [3.05, 3.63) is 29.3 Å². The van der Waals surface area contributed by atoms with E-state index < -0.39 is 0 Å². The lowest BCUT2D eigenvalue weighted by Crippen LogP contribution is -2.24. The van der Waals surface area contributed by atoms with Crippen LogP contribution < -0.4 is 10.6 Å². The van der Waals surface area contributed by atoms with Crippen LogP contribution in [0, 0.1) is 6.92 Å². The Kier molecular flexibility index (Phi) is 8.19. The Labute approximate surface area is 126 Å². The molecule has 1 aromatic rings. The van der Waals surface area contributed by atoms with E-state index in [4.69, 9.17) is 0 Å². The van der Waals surface area contributed by atoms with Crippen LogP contribution in [0.3, 0.4) is 0 Å². The molecule has 0 heterocycles. The van der Waals surface area contributed by atoms with Gasteiger partial charge in [0.25, 0.3) is 5.91 Å². The van der Waals surface area contributed by atoms with Crippen molar-refractivity contribution >= 4 is 23.4 Å². The van der Waals surface area contributed by atoms with Gasteiger partial charge in [-0.15, -0.1) is 0 Å². The Morgan fingerprint density at radius 1 is 1.20 bits per heavy atom. The number of carbonyl (C=O) groups is 1. The van der Waals surface area contributed by atoms with Crippen molar-refractivity contribution < 1.29 is 4.79 Å². The molecule has 3 nitrogen and oxygen atoms in total. The van der Waals surface area contributed by atoms with Crippen molar-refractivity contribution in [2.45, 2.75) is 32.6 Å². The monoisotopic (exact) mass is 294 g/mol. The third-order valence-corrected chi connectivity index (χ3v) is 4.02. The summed E-state index contributed by atoms with van der Waals surface area (Å²) in [6.45, 7) is 2.78. The Balaban J connectivity index is 2.27. The van der Waals surface area contributed by atoms with E-state index in [9.17, 15) is 4.79 Å². The van der Waals surface area contributed by atoms with Gasteiger partial charge in [-0.3, -0.25) is 4.79 Å². The number of rotatable bonds is 9. The van der Waals surface area contributed by atoms with Gasteiger partial charge in [-0.05, 0) is 55.5 Å². The minimum atomic E-state index is 0.0277. The maximum Gasteiger partial charge on any atom is 0.251 e. The Hall–Kier alpha value is -1.16. The lowest BCUT2D eigenvalue weighted by atomic mass is 10.1. The highest BCUT2D eigenvalue weighted by Gasteiger charge is 2.06. The van der Waals surface area contributed by atoms with Crippen LogP contribution >= 0.6 is 11.8 Å². The number of thioether (sulfide) groups is 1. The van der Waals surface area contributed by atoms with Gasteiger partial charge in [-0.25, -0.2) is 0 Å². The highest BCUT2D eigenvalue weighted by atomic mass is 32.2. The zero-order chi connectivity index (χ0) is 14.8. The first-order valence-electron chi connectivity index (χ1n) is 7.24. The van der Waals surface area contributed by atoms with Crippen molar-refractivity contribution in [1.29, 1.82) is 0 Å². The second-order valence-corrected chi connectivity index (χ2v) is 5.93. The molecule has 0 saturated heterocycles. The summed E-state index contributed by atoms with van der Waals surface area (Å²) >= 11 is 1.90. The molecule has 0 unspecified atom stereocenters. The summed E-state index contributed by atoms with van der Waals surface area (Å²) in [6.07, 6.45) is 6.93. The van der Waals surface area contributed by atoms with Crippen LogP contribution in [0.4, 0.5) is 5.69 Å². The molecule has 2 N–H and O–H groups in total. The molecule has 0 bridgehead atoms. The second kappa shape index (κ2) is 9.70. The SMILES string of the molecule is CNc1ccc(C(=O)NCCCCCCSC)cc1C. The minimum absolute atomic E-state index is 0.0277. The number of anilines is 1. The van der Waals surface area contributed by atoms with E-state index in [2.05, 4.69) is 16.9 Å². The molecule has 1 amide bonds. The number of hydrogen-bond donors (Lipinski definition) is 2. The van der Waals surface area contributed by atoms with Gasteiger partial charge in [0.2, 0.25) is 0 Å². The van der Waals surface area contributed by atoms with Gasteiger partial charge >= 0.3 is 0 Å². The topological polar surface area (TPSA) is 41.1 Å². The van der Waals surface area contributed by atoms with Gasteiger partial charge < -0.3 is 10.6 Å². The molecular formula is C16H26N2OS. The van der Waals surface area contributed by atoms with Crippen LogP contribution in [0.2, 0.25) is 0 Å². The number of benzene rings is 1.